The Bertz CT molecular complexity index is 950. The molecular formula is C21H19F3N2S. The summed E-state index contributed by atoms with van der Waals surface area (Å²) in [5.41, 5.74) is 1.19. The Balaban J connectivity index is 1.72. The van der Waals surface area contributed by atoms with E-state index < -0.39 is 17.5 Å². The molecule has 0 amide bonds. The summed E-state index contributed by atoms with van der Waals surface area (Å²) in [5, 5.41) is 0.589. The maximum Gasteiger partial charge on any atom is 0.209 e. The molecule has 0 radical (unpaired) electrons. The van der Waals surface area contributed by atoms with Gasteiger partial charge in [0.1, 0.15) is 5.82 Å². The summed E-state index contributed by atoms with van der Waals surface area (Å²) in [6, 6.07) is 7.98. The third-order valence-corrected chi connectivity index (χ3v) is 5.10. The van der Waals surface area contributed by atoms with Crippen LogP contribution in [0, 0.1) is 17.5 Å². The van der Waals surface area contributed by atoms with Gasteiger partial charge in [-0.1, -0.05) is 43.2 Å². The second kappa shape index (κ2) is 8.95. The van der Waals surface area contributed by atoms with Crippen LogP contribution in [0.5, 0.6) is 0 Å². The van der Waals surface area contributed by atoms with Crippen molar-refractivity contribution in [3.63, 3.8) is 0 Å². The number of benzene rings is 2. The fourth-order valence-electron chi connectivity index (χ4n) is 2.63. The van der Waals surface area contributed by atoms with E-state index in [1.165, 1.54) is 47.4 Å². The third kappa shape index (κ3) is 5.04. The molecule has 0 aliphatic carbocycles. The Morgan fingerprint density at radius 2 is 1.70 bits per heavy atom. The Kier molecular flexibility index (Phi) is 6.40. The van der Waals surface area contributed by atoms with Crippen LogP contribution in [0.15, 0.2) is 47.6 Å². The van der Waals surface area contributed by atoms with Crippen molar-refractivity contribution < 1.29 is 13.2 Å². The van der Waals surface area contributed by atoms with Gasteiger partial charge in [-0.05, 0) is 48.2 Å². The maximum absolute atomic E-state index is 14.4. The number of rotatable bonds is 7. The van der Waals surface area contributed by atoms with Crippen LogP contribution in [0.2, 0.25) is 0 Å². The predicted molar refractivity (Wildman–Crippen MR) is 104 cm³/mol. The lowest BCUT2D eigenvalue weighted by molar-refractivity contribution is 0.509. The summed E-state index contributed by atoms with van der Waals surface area (Å²) < 4.78 is 40.7. The Morgan fingerprint density at radius 3 is 2.41 bits per heavy atom. The molecule has 0 bridgehead atoms. The molecule has 0 aliphatic heterocycles. The van der Waals surface area contributed by atoms with Gasteiger partial charge in [0.2, 0.25) is 5.13 Å². The standard InChI is InChI=1S/C21H19F3N2S/c1-2-3-4-5-17-13-26-21(27-17)25-12-16-7-6-14(10-19(16)23)15-8-9-18(22)20(24)11-15/h6-13H,2-5H2,1H3. The summed E-state index contributed by atoms with van der Waals surface area (Å²) in [4.78, 5) is 9.66. The van der Waals surface area contributed by atoms with Crippen molar-refractivity contribution in [1.82, 2.24) is 4.98 Å². The fourth-order valence-corrected chi connectivity index (χ4v) is 3.43. The lowest BCUT2D eigenvalue weighted by Crippen LogP contribution is -1.91. The number of hydrogen-bond acceptors (Lipinski definition) is 3. The van der Waals surface area contributed by atoms with Gasteiger partial charge in [-0.25, -0.2) is 23.1 Å². The monoisotopic (exact) mass is 388 g/mol. The second-order valence-corrected chi connectivity index (χ2v) is 7.28. The van der Waals surface area contributed by atoms with E-state index in [1.807, 2.05) is 6.20 Å². The molecular weight excluding hydrogens is 369 g/mol. The molecule has 0 aliphatic rings. The van der Waals surface area contributed by atoms with Crippen LogP contribution in [0.25, 0.3) is 11.1 Å². The van der Waals surface area contributed by atoms with Gasteiger partial charge in [0, 0.05) is 22.9 Å². The normalized spacial score (nSPS) is 11.4. The van der Waals surface area contributed by atoms with Crippen molar-refractivity contribution in [1.29, 1.82) is 0 Å². The van der Waals surface area contributed by atoms with Gasteiger partial charge in [0.25, 0.3) is 0 Å². The van der Waals surface area contributed by atoms with E-state index in [0.29, 0.717) is 21.8 Å². The van der Waals surface area contributed by atoms with Crippen LogP contribution in [0.1, 0.15) is 36.6 Å². The number of unbranched alkanes of at least 4 members (excludes halogenated alkanes) is 2. The fraction of sp³-hybridized carbons (Fsp3) is 0.238. The third-order valence-electron chi connectivity index (χ3n) is 4.14. The van der Waals surface area contributed by atoms with E-state index in [2.05, 4.69) is 16.9 Å². The lowest BCUT2D eigenvalue weighted by atomic mass is 10.0. The Labute approximate surface area is 160 Å². The van der Waals surface area contributed by atoms with Crippen molar-refractivity contribution >= 4 is 22.7 Å². The van der Waals surface area contributed by atoms with E-state index in [9.17, 15) is 13.2 Å². The molecule has 0 unspecified atom stereocenters. The molecule has 140 valence electrons. The van der Waals surface area contributed by atoms with Crippen molar-refractivity contribution in [3.8, 4) is 11.1 Å². The summed E-state index contributed by atoms with van der Waals surface area (Å²) in [7, 11) is 0. The van der Waals surface area contributed by atoms with Gasteiger partial charge in [-0.2, -0.15) is 0 Å². The van der Waals surface area contributed by atoms with Gasteiger partial charge >= 0.3 is 0 Å². The molecule has 0 saturated heterocycles. The van der Waals surface area contributed by atoms with Gasteiger partial charge in [-0.15, -0.1) is 0 Å². The molecule has 27 heavy (non-hydrogen) atoms. The Morgan fingerprint density at radius 1 is 0.963 bits per heavy atom. The molecule has 3 rings (SSSR count). The number of thiazole rings is 1. The number of halogens is 3. The minimum atomic E-state index is -0.961. The molecule has 2 aromatic carbocycles. The zero-order chi connectivity index (χ0) is 19.2. The molecule has 0 atom stereocenters. The average molecular weight is 388 g/mol. The molecule has 3 aromatic rings. The van der Waals surface area contributed by atoms with Crippen LogP contribution in [0.3, 0.4) is 0 Å². The largest absolute Gasteiger partial charge is 0.227 e. The molecule has 6 heteroatoms. The first-order valence-electron chi connectivity index (χ1n) is 8.80. The van der Waals surface area contributed by atoms with Gasteiger partial charge in [-0.3, -0.25) is 0 Å². The Hall–Kier alpha value is -2.47. The first kappa shape index (κ1) is 19.3. The second-order valence-electron chi connectivity index (χ2n) is 6.19. The van der Waals surface area contributed by atoms with Crippen LogP contribution >= 0.6 is 11.3 Å². The predicted octanol–water partition coefficient (Wildman–Crippen LogP) is 6.71. The highest BCUT2D eigenvalue weighted by Crippen LogP contribution is 2.25. The van der Waals surface area contributed by atoms with E-state index in [0.717, 1.165) is 25.0 Å². The molecule has 1 heterocycles. The van der Waals surface area contributed by atoms with Crippen molar-refractivity contribution in [2.24, 2.45) is 4.99 Å². The number of nitrogens with zero attached hydrogens (tertiary/aromatic N) is 2. The zero-order valence-electron chi connectivity index (χ0n) is 14.9. The highest BCUT2D eigenvalue weighted by Gasteiger charge is 2.08. The number of aryl methyl sites for hydroxylation is 1. The highest BCUT2D eigenvalue weighted by atomic mass is 32.1. The first-order chi connectivity index (χ1) is 13.1. The minimum Gasteiger partial charge on any atom is -0.227 e. The topological polar surface area (TPSA) is 25.2 Å². The minimum absolute atomic E-state index is 0.309. The van der Waals surface area contributed by atoms with Crippen LogP contribution in [0.4, 0.5) is 18.3 Å². The molecule has 1 aromatic heterocycles. The van der Waals surface area contributed by atoms with Crippen LogP contribution in [-0.4, -0.2) is 11.2 Å². The molecule has 0 saturated carbocycles. The lowest BCUT2D eigenvalue weighted by Gasteiger charge is -2.04. The number of aliphatic imine (C=N–C) groups is 1. The quantitative estimate of drug-likeness (QED) is 0.326. The average Bonchev–Trinajstić information content (AvgIpc) is 3.11. The van der Waals surface area contributed by atoms with E-state index in [-0.39, 0.29) is 0 Å². The molecule has 0 N–H and O–H groups in total. The van der Waals surface area contributed by atoms with Crippen molar-refractivity contribution in [2.75, 3.05) is 0 Å². The first-order valence-corrected chi connectivity index (χ1v) is 9.62. The molecule has 0 spiro atoms. The summed E-state index contributed by atoms with van der Waals surface area (Å²) in [5.74, 6) is -2.38. The van der Waals surface area contributed by atoms with Crippen molar-refractivity contribution in [3.05, 3.63) is 70.5 Å². The van der Waals surface area contributed by atoms with Gasteiger partial charge in [0.15, 0.2) is 11.6 Å². The summed E-state index contributed by atoms with van der Waals surface area (Å²) >= 11 is 1.50. The zero-order valence-corrected chi connectivity index (χ0v) is 15.7. The SMILES string of the molecule is CCCCCc1cnc(N=Cc2ccc(-c3ccc(F)c(F)c3)cc2F)s1. The highest BCUT2D eigenvalue weighted by molar-refractivity contribution is 7.15. The molecule has 2 nitrogen and oxygen atoms in total. The van der Waals surface area contributed by atoms with Gasteiger partial charge < -0.3 is 0 Å². The number of aromatic nitrogens is 1. The van der Waals surface area contributed by atoms with Gasteiger partial charge in [0.05, 0.1) is 0 Å². The van der Waals surface area contributed by atoms with E-state index in [4.69, 9.17) is 0 Å². The van der Waals surface area contributed by atoms with E-state index >= 15 is 0 Å². The van der Waals surface area contributed by atoms with Crippen LogP contribution < -0.4 is 0 Å². The van der Waals surface area contributed by atoms with E-state index in [1.54, 1.807) is 12.1 Å². The van der Waals surface area contributed by atoms with Crippen molar-refractivity contribution in [2.45, 2.75) is 32.6 Å². The maximum atomic E-state index is 14.4. The number of hydrogen-bond donors (Lipinski definition) is 0. The summed E-state index contributed by atoms with van der Waals surface area (Å²) in [6.07, 6.45) is 7.71. The smallest absolute Gasteiger partial charge is 0.209 e. The molecule has 0 fully saturated rings. The summed E-state index contributed by atoms with van der Waals surface area (Å²) in [6.45, 7) is 2.16. The van der Waals surface area contributed by atoms with Crippen LogP contribution in [-0.2, 0) is 6.42 Å².